The molecule has 1 aliphatic heterocycles. The smallest absolute Gasteiger partial charge is 0.408 e. The summed E-state index contributed by atoms with van der Waals surface area (Å²) >= 11 is 0. The van der Waals surface area contributed by atoms with Gasteiger partial charge < -0.3 is 15.0 Å². The van der Waals surface area contributed by atoms with Crippen molar-refractivity contribution in [3.63, 3.8) is 0 Å². The highest BCUT2D eigenvalue weighted by molar-refractivity contribution is 7.89. The fraction of sp³-hybridized carbons (Fsp3) is 0.556. The van der Waals surface area contributed by atoms with Crippen molar-refractivity contribution >= 4 is 22.0 Å². The maximum absolute atomic E-state index is 12.4. The van der Waals surface area contributed by atoms with Gasteiger partial charge in [-0.15, -0.1) is 0 Å². The molecule has 1 aliphatic rings. The zero-order chi connectivity index (χ0) is 20.1. The van der Waals surface area contributed by atoms with Crippen LogP contribution in [0.1, 0.15) is 33.6 Å². The monoisotopic (exact) mass is 397 g/mol. The lowest BCUT2D eigenvalue weighted by atomic mass is 10.1. The second kappa shape index (κ2) is 8.71. The van der Waals surface area contributed by atoms with E-state index in [1.807, 2.05) is 0 Å². The summed E-state index contributed by atoms with van der Waals surface area (Å²) in [7, 11) is -3.56. The van der Waals surface area contributed by atoms with Crippen molar-refractivity contribution in [2.45, 2.75) is 50.2 Å². The number of alkyl carbamates (subject to hydrolysis) is 1. The van der Waals surface area contributed by atoms with Crippen LogP contribution in [0.5, 0.6) is 0 Å². The van der Waals surface area contributed by atoms with Crippen molar-refractivity contribution in [3.8, 4) is 0 Å². The molecule has 9 heteroatoms. The highest BCUT2D eigenvalue weighted by atomic mass is 32.2. The number of rotatable bonds is 5. The average molecular weight is 397 g/mol. The minimum atomic E-state index is -3.56. The lowest BCUT2D eigenvalue weighted by Gasteiger charge is -2.32. The first-order chi connectivity index (χ1) is 12.6. The Morgan fingerprint density at radius 3 is 2.30 bits per heavy atom. The third-order valence-electron chi connectivity index (χ3n) is 4.01. The Kier molecular flexibility index (Phi) is 6.83. The molecule has 0 spiro atoms. The highest BCUT2D eigenvalue weighted by Crippen LogP contribution is 2.15. The van der Waals surface area contributed by atoms with E-state index in [2.05, 4.69) is 10.0 Å². The number of hydrogen-bond acceptors (Lipinski definition) is 5. The minimum Gasteiger partial charge on any atom is -0.444 e. The fourth-order valence-corrected chi connectivity index (χ4v) is 4.03. The molecule has 2 rings (SSSR count). The largest absolute Gasteiger partial charge is 0.444 e. The summed E-state index contributed by atoms with van der Waals surface area (Å²) in [5, 5.41) is 2.44. The Hall–Kier alpha value is -2.13. The van der Waals surface area contributed by atoms with Gasteiger partial charge in [0.05, 0.1) is 4.90 Å². The third-order valence-corrected chi connectivity index (χ3v) is 5.54. The zero-order valence-corrected chi connectivity index (χ0v) is 16.7. The van der Waals surface area contributed by atoms with Crippen LogP contribution in [-0.2, 0) is 19.6 Å². The number of carbonyl (C=O) groups excluding carboxylic acids is 2. The quantitative estimate of drug-likeness (QED) is 0.783. The minimum absolute atomic E-state index is 0.144. The summed E-state index contributed by atoms with van der Waals surface area (Å²) in [6.07, 6.45) is 0.399. The Balaban J connectivity index is 1.78. The van der Waals surface area contributed by atoms with E-state index >= 15 is 0 Å². The number of likely N-dealkylation sites (tertiary alicyclic amines) is 1. The van der Waals surface area contributed by atoms with Crippen LogP contribution in [0.3, 0.4) is 0 Å². The second-order valence-electron chi connectivity index (χ2n) is 7.44. The Morgan fingerprint density at radius 2 is 1.74 bits per heavy atom. The molecule has 1 saturated heterocycles. The molecular formula is C18H27N3O5S. The van der Waals surface area contributed by atoms with Crippen molar-refractivity contribution in [2.75, 3.05) is 19.6 Å². The summed E-state index contributed by atoms with van der Waals surface area (Å²) in [6, 6.07) is 7.97. The van der Waals surface area contributed by atoms with E-state index in [1.54, 1.807) is 56.0 Å². The van der Waals surface area contributed by atoms with Gasteiger partial charge in [-0.2, -0.15) is 0 Å². The van der Waals surface area contributed by atoms with Crippen LogP contribution in [0.25, 0.3) is 0 Å². The average Bonchev–Trinajstić information content (AvgIpc) is 2.59. The van der Waals surface area contributed by atoms with Gasteiger partial charge in [0.2, 0.25) is 15.9 Å². The molecular weight excluding hydrogens is 370 g/mol. The predicted octanol–water partition coefficient (Wildman–Crippen LogP) is 1.48. The summed E-state index contributed by atoms with van der Waals surface area (Å²) in [4.78, 5) is 25.6. The molecule has 2 amide bonds. The molecule has 0 bridgehead atoms. The van der Waals surface area contributed by atoms with Crippen molar-refractivity contribution in [3.05, 3.63) is 30.3 Å². The number of hydrogen-bond donors (Lipinski definition) is 2. The van der Waals surface area contributed by atoms with Gasteiger partial charge in [0.15, 0.2) is 0 Å². The van der Waals surface area contributed by atoms with Crippen LogP contribution in [0, 0.1) is 0 Å². The number of sulfonamides is 1. The molecule has 2 N–H and O–H groups in total. The lowest BCUT2D eigenvalue weighted by molar-refractivity contribution is -0.131. The Morgan fingerprint density at radius 1 is 1.15 bits per heavy atom. The van der Waals surface area contributed by atoms with Crippen molar-refractivity contribution in [2.24, 2.45) is 0 Å². The molecule has 0 atom stereocenters. The van der Waals surface area contributed by atoms with E-state index < -0.39 is 21.7 Å². The topological polar surface area (TPSA) is 105 Å². The molecule has 0 aromatic heterocycles. The van der Waals surface area contributed by atoms with Crippen molar-refractivity contribution < 1.29 is 22.7 Å². The number of nitrogens with one attached hydrogen (secondary N) is 2. The number of amides is 2. The molecule has 8 nitrogen and oxygen atoms in total. The van der Waals surface area contributed by atoms with Crippen LogP contribution in [0.2, 0.25) is 0 Å². The summed E-state index contributed by atoms with van der Waals surface area (Å²) in [5.74, 6) is -0.217. The molecule has 150 valence electrons. The lowest BCUT2D eigenvalue weighted by Crippen LogP contribution is -2.49. The zero-order valence-electron chi connectivity index (χ0n) is 15.9. The van der Waals surface area contributed by atoms with Gasteiger partial charge >= 0.3 is 6.09 Å². The van der Waals surface area contributed by atoms with Crippen molar-refractivity contribution in [1.29, 1.82) is 0 Å². The van der Waals surface area contributed by atoms with Gasteiger partial charge in [0.25, 0.3) is 0 Å². The van der Waals surface area contributed by atoms with E-state index in [1.165, 1.54) is 0 Å². The first-order valence-corrected chi connectivity index (χ1v) is 10.4. The summed E-state index contributed by atoms with van der Waals surface area (Å²) in [6.45, 7) is 5.95. The van der Waals surface area contributed by atoms with E-state index in [-0.39, 0.29) is 23.4 Å². The third kappa shape index (κ3) is 6.84. The molecule has 27 heavy (non-hydrogen) atoms. The first-order valence-electron chi connectivity index (χ1n) is 8.89. The van der Waals surface area contributed by atoms with Crippen molar-refractivity contribution in [1.82, 2.24) is 14.9 Å². The first kappa shape index (κ1) is 21.2. The predicted molar refractivity (Wildman–Crippen MR) is 101 cm³/mol. The van der Waals surface area contributed by atoms with Crippen LogP contribution >= 0.6 is 0 Å². The Labute approximate surface area is 160 Å². The van der Waals surface area contributed by atoms with E-state index in [4.69, 9.17) is 4.74 Å². The molecule has 1 aromatic carbocycles. The van der Waals surface area contributed by atoms with Gasteiger partial charge in [0.1, 0.15) is 12.1 Å². The fourth-order valence-electron chi connectivity index (χ4n) is 2.71. The second-order valence-corrected chi connectivity index (χ2v) is 9.16. The number of carbonyl (C=O) groups is 2. The molecule has 0 unspecified atom stereocenters. The molecule has 0 aliphatic carbocycles. The summed E-state index contributed by atoms with van der Waals surface area (Å²) < 4.78 is 32.5. The number of benzene rings is 1. The molecule has 1 fully saturated rings. The van der Waals surface area contributed by atoms with Crippen LogP contribution in [0.4, 0.5) is 4.79 Å². The van der Waals surface area contributed by atoms with Gasteiger partial charge in [-0.3, -0.25) is 4.79 Å². The van der Waals surface area contributed by atoms with Crippen LogP contribution in [0.15, 0.2) is 35.2 Å². The highest BCUT2D eigenvalue weighted by Gasteiger charge is 2.27. The van der Waals surface area contributed by atoms with Gasteiger partial charge in [-0.1, -0.05) is 18.2 Å². The van der Waals surface area contributed by atoms with Crippen LogP contribution < -0.4 is 10.0 Å². The van der Waals surface area contributed by atoms with Crippen LogP contribution in [-0.4, -0.2) is 56.6 Å². The van der Waals surface area contributed by atoms with Gasteiger partial charge in [-0.25, -0.2) is 17.9 Å². The summed E-state index contributed by atoms with van der Waals surface area (Å²) in [5.41, 5.74) is -0.624. The maximum Gasteiger partial charge on any atom is 0.408 e. The number of nitrogens with zero attached hydrogens (tertiary/aromatic N) is 1. The van der Waals surface area contributed by atoms with Gasteiger partial charge in [-0.05, 0) is 45.7 Å². The molecule has 1 heterocycles. The normalized spacial score (nSPS) is 16.0. The van der Waals surface area contributed by atoms with E-state index in [0.29, 0.717) is 25.9 Å². The standard InChI is InChI=1S/C18H27N3O5S/c1-18(2,3)26-17(23)19-13-16(22)21-11-9-14(10-12-21)20-27(24,25)15-7-5-4-6-8-15/h4-8,14,20H,9-13H2,1-3H3,(H,19,23). The van der Waals surface area contributed by atoms with E-state index in [9.17, 15) is 18.0 Å². The maximum atomic E-state index is 12.4. The van der Waals surface area contributed by atoms with Gasteiger partial charge in [0, 0.05) is 19.1 Å². The molecule has 0 saturated carbocycles. The number of ether oxygens (including phenoxy) is 1. The Bertz CT molecular complexity index is 751. The van der Waals surface area contributed by atoms with E-state index in [0.717, 1.165) is 0 Å². The SMILES string of the molecule is CC(C)(C)OC(=O)NCC(=O)N1CCC(NS(=O)(=O)c2ccccc2)CC1. The number of piperidine rings is 1. The molecule has 0 radical (unpaired) electrons. The molecule has 1 aromatic rings.